The summed E-state index contributed by atoms with van der Waals surface area (Å²) in [4.78, 5) is 24.1. The molecule has 0 unspecified atom stereocenters. The molecule has 0 heterocycles. The van der Waals surface area contributed by atoms with Crippen molar-refractivity contribution in [3.05, 3.63) is 89.5 Å². The van der Waals surface area contributed by atoms with Gasteiger partial charge in [0, 0.05) is 0 Å². The first-order chi connectivity index (χ1) is 15.0. The highest BCUT2D eigenvalue weighted by atomic mass is 16.5. The molecule has 3 aromatic rings. The van der Waals surface area contributed by atoms with Gasteiger partial charge in [-0.15, -0.1) is 0 Å². The normalized spacial score (nSPS) is 10.5. The number of benzene rings is 3. The van der Waals surface area contributed by atoms with E-state index in [0.717, 1.165) is 11.1 Å². The summed E-state index contributed by atoms with van der Waals surface area (Å²) in [6.07, 6.45) is 1.48. The Bertz CT molecular complexity index is 1060. The average molecular weight is 418 g/mol. The Labute approximate surface area is 180 Å². The molecule has 0 spiro atoms. The Balaban J connectivity index is 1.46. The molecule has 31 heavy (non-hydrogen) atoms. The van der Waals surface area contributed by atoms with Gasteiger partial charge >= 0.3 is 5.97 Å². The van der Waals surface area contributed by atoms with Crippen molar-refractivity contribution >= 4 is 18.1 Å². The van der Waals surface area contributed by atoms with Gasteiger partial charge in [-0.1, -0.05) is 18.2 Å². The molecule has 158 valence electrons. The first kappa shape index (κ1) is 21.6. The molecule has 0 radical (unpaired) electrons. The monoisotopic (exact) mass is 418 g/mol. The van der Waals surface area contributed by atoms with E-state index in [9.17, 15) is 9.59 Å². The van der Waals surface area contributed by atoms with E-state index in [1.54, 1.807) is 67.8 Å². The summed E-state index contributed by atoms with van der Waals surface area (Å²) in [5.74, 6) is 0.870. The van der Waals surface area contributed by atoms with Crippen LogP contribution in [-0.4, -0.2) is 31.8 Å². The van der Waals surface area contributed by atoms with Crippen molar-refractivity contribution in [2.24, 2.45) is 5.10 Å². The molecule has 7 heteroatoms. The molecule has 3 aromatic carbocycles. The molecule has 1 amide bonds. The van der Waals surface area contributed by atoms with Crippen LogP contribution in [0.15, 0.2) is 77.9 Å². The SMILES string of the molecule is COc1ccc(OCC(=O)N/N=C/c2ccc(OC(=O)c3ccccc3C)cc2)cc1. The molecule has 0 atom stereocenters. The fourth-order valence-electron chi connectivity index (χ4n) is 2.62. The van der Waals surface area contributed by atoms with Crippen LogP contribution in [0.25, 0.3) is 0 Å². The largest absolute Gasteiger partial charge is 0.497 e. The zero-order chi connectivity index (χ0) is 22.1. The summed E-state index contributed by atoms with van der Waals surface area (Å²) < 4.78 is 15.8. The van der Waals surface area contributed by atoms with Crippen molar-refractivity contribution in [3.8, 4) is 17.2 Å². The fourth-order valence-corrected chi connectivity index (χ4v) is 2.62. The summed E-state index contributed by atoms with van der Waals surface area (Å²) in [6.45, 7) is 1.68. The summed E-state index contributed by atoms with van der Waals surface area (Å²) in [5.41, 5.74) is 4.49. The average Bonchev–Trinajstić information content (AvgIpc) is 2.79. The second kappa shape index (κ2) is 10.6. The highest BCUT2D eigenvalue weighted by Crippen LogP contribution is 2.17. The first-order valence-electron chi connectivity index (χ1n) is 9.52. The lowest BCUT2D eigenvalue weighted by Crippen LogP contribution is -2.24. The van der Waals surface area contributed by atoms with Gasteiger partial charge in [0.2, 0.25) is 0 Å². The number of aryl methyl sites for hydroxylation is 1. The third kappa shape index (κ3) is 6.43. The number of hydrogen-bond acceptors (Lipinski definition) is 6. The zero-order valence-electron chi connectivity index (χ0n) is 17.2. The molecule has 0 saturated heterocycles. The van der Waals surface area contributed by atoms with Crippen molar-refractivity contribution in [1.82, 2.24) is 5.43 Å². The number of esters is 1. The Morgan fingerprint density at radius 1 is 0.903 bits per heavy atom. The summed E-state index contributed by atoms with van der Waals surface area (Å²) in [7, 11) is 1.58. The van der Waals surface area contributed by atoms with E-state index < -0.39 is 11.9 Å². The van der Waals surface area contributed by atoms with Crippen molar-refractivity contribution in [2.45, 2.75) is 6.92 Å². The van der Waals surface area contributed by atoms with Gasteiger partial charge in [-0.05, 0) is 72.6 Å². The van der Waals surface area contributed by atoms with Crippen LogP contribution in [0.1, 0.15) is 21.5 Å². The predicted octanol–water partition coefficient (Wildman–Crippen LogP) is 3.75. The third-order valence-electron chi connectivity index (χ3n) is 4.29. The first-order valence-corrected chi connectivity index (χ1v) is 9.52. The maximum Gasteiger partial charge on any atom is 0.343 e. The van der Waals surface area contributed by atoms with Crippen LogP contribution in [0.3, 0.4) is 0 Å². The quantitative estimate of drug-likeness (QED) is 0.261. The number of methoxy groups -OCH3 is 1. The van der Waals surface area contributed by atoms with Crippen LogP contribution in [0.2, 0.25) is 0 Å². The van der Waals surface area contributed by atoms with E-state index in [2.05, 4.69) is 10.5 Å². The molecule has 0 aromatic heterocycles. The second-order valence-electron chi connectivity index (χ2n) is 6.53. The van der Waals surface area contributed by atoms with Gasteiger partial charge < -0.3 is 14.2 Å². The van der Waals surface area contributed by atoms with Crippen LogP contribution < -0.4 is 19.6 Å². The number of ether oxygens (including phenoxy) is 3. The zero-order valence-corrected chi connectivity index (χ0v) is 17.2. The molecule has 1 N–H and O–H groups in total. The highest BCUT2D eigenvalue weighted by molar-refractivity contribution is 5.92. The summed E-state index contributed by atoms with van der Waals surface area (Å²) in [6, 6.07) is 20.9. The van der Waals surface area contributed by atoms with Crippen LogP contribution in [0.5, 0.6) is 17.2 Å². The van der Waals surface area contributed by atoms with Crippen LogP contribution in [0, 0.1) is 6.92 Å². The molecule has 3 rings (SSSR count). The van der Waals surface area contributed by atoms with Gasteiger partial charge in [0.1, 0.15) is 17.2 Å². The molecule has 0 aliphatic heterocycles. The van der Waals surface area contributed by atoms with Gasteiger partial charge in [0.15, 0.2) is 6.61 Å². The van der Waals surface area contributed by atoms with E-state index in [1.165, 1.54) is 6.21 Å². The van der Waals surface area contributed by atoms with Crippen LogP contribution in [-0.2, 0) is 4.79 Å². The van der Waals surface area contributed by atoms with E-state index >= 15 is 0 Å². The molecule has 0 aliphatic rings. The smallest absolute Gasteiger partial charge is 0.343 e. The lowest BCUT2D eigenvalue weighted by Gasteiger charge is -2.07. The number of rotatable bonds is 8. The topological polar surface area (TPSA) is 86.2 Å². The number of carbonyl (C=O) groups is 2. The molecular weight excluding hydrogens is 396 g/mol. The number of amides is 1. The Morgan fingerprint density at radius 3 is 2.23 bits per heavy atom. The Morgan fingerprint density at radius 2 is 1.55 bits per heavy atom. The number of nitrogens with one attached hydrogen (secondary N) is 1. The van der Waals surface area contributed by atoms with Crippen molar-refractivity contribution in [1.29, 1.82) is 0 Å². The number of carbonyl (C=O) groups excluding carboxylic acids is 2. The Kier molecular flexibility index (Phi) is 7.37. The maximum atomic E-state index is 12.2. The van der Waals surface area contributed by atoms with Crippen molar-refractivity contribution in [3.63, 3.8) is 0 Å². The van der Waals surface area contributed by atoms with E-state index in [1.807, 2.05) is 19.1 Å². The number of hydrazone groups is 1. The number of nitrogens with zero attached hydrogens (tertiary/aromatic N) is 1. The minimum absolute atomic E-state index is 0.169. The van der Waals surface area contributed by atoms with Crippen molar-refractivity contribution < 1.29 is 23.8 Å². The summed E-state index contributed by atoms with van der Waals surface area (Å²) in [5, 5.41) is 3.90. The second-order valence-corrected chi connectivity index (χ2v) is 6.53. The number of hydrogen-bond donors (Lipinski definition) is 1. The molecule has 0 aliphatic carbocycles. The molecule has 7 nitrogen and oxygen atoms in total. The van der Waals surface area contributed by atoms with Gasteiger partial charge in [-0.2, -0.15) is 5.10 Å². The lowest BCUT2D eigenvalue weighted by atomic mass is 10.1. The van der Waals surface area contributed by atoms with Crippen LogP contribution >= 0.6 is 0 Å². The van der Waals surface area contributed by atoms with E-state index in [0.29, 0.717) is 22.8 Å². The van der Waals surface area contributed by atoms with Crippen LogP contribution in [0.4, 0.5) is 0 Å². The predicted molar refractivity (Wildman–Crippen MR) is 117 cm³/mol. The molecular formula is C24H22N2O5. The molecule has 0 bridgehead atoms. The summed E-state index contributed by atoms with van der Waals surface area (Å²) >= 11 is 0. The van der Waals surface area contributed by atoms with Gasteiger partial charge in [0.25, 0.3) is 5.91 Å². The maximum absolute atomic E-state index is 12.2. The van der Waals surface area contributed by atoms with Gasteiger partial charge in [0.05, 0.1) is 18.9 Å². The van der Waals surface area contributed by atoms with Gasteiger partial charge in [-0.3, -0.25) is 4.79 Å². The van der Waals surface area contributed by atoms with E-state index in [4.69, 9.17) is 14.2 Å². The minimum Gasteiger partial charge on any atom is -0.497 e. The molecule has 0 fully saturated rings. The molecule has 0 saturated carbocycles. The minimum atomic E-state index is -0.413. The third-order valence-corrected chi connectivity index (χ3v) is 4.29. The van der Waals surface area contributed by atoms with Crippen molar-refractivity contribution in [2.75, 3.05) is 13.7 Å². The van der Waals surface area contributed by atoms with Gasteiger partial charge in [-0.25, -0.2) is 10.2 Å². The fraction of sp³-hybridized carbons (Fsp3) is 0.125. The van der Waals surface area contributed by atoms with E-state index in [-0.39, 0.29) is 6.61 Å². The Hall–Kier alpha value is -4.13. The standard InChI is InChI=1S/C24H22N2O5/c1-17-5-3-4-6-22(17)24(28)31-21-9-7-18(8-10-21)15-25-26-23(27)16-30-20-13-11-19(29-2)12-14-20/h3-15H,16H2,1-2H3,(H,26,27)/b25-15+. The highest BCUT2D eigenvalue weighted by Gasteiger charge is 2.10. The lowest BCUT2D eigenvalue weighted by molar-refractivity contribution is -0.123.